The summed E-state index contributed by atoms with van der Waals surface area (Å²) in [6, 6.07) is 0. The van der Waals surface area contributed by atoms with Crippen molar-refractivity contribution >= 4 is 5.95 Å². The molecule has 4 nitrogen and oxygen atoms in total. The van der Waals surface area contributed by atoms with Crippen LogP contribution in [0, 0.1) is 12.8 Å². The second-order valence-corrected chi connectivity index (χ2v) is 7.05. The number of nitrogens with one attached hydrogen (secondary N) is 1. The molecule has 2 rings (SSSR count). The molecule has 1 N–H and O–H groups in total. The maximum absolute atomic E-state index is 4.70. The zero-order chi connectivity index (χ0) is 14.8. The minimum atomic E-state index is 0.119. The second kappa shape index (κ2) is 6.08. The Kier molecular flexibility index (Phi) is 4.63. The molecule has 1 saturated heterocycles. The van der Waals surface area contributed by atoms with Crippen LogP contribution in [0.2, 0.25) is 0 Å². The lowest BCUT2D eigenvalue weighted by Gasteiger charge is -2.30. The van der Waals surface area contributed by atoms with Crippen LogP contribution in [0.15, 0.2) is 6.20 Å². The Morgan fingerprint density at radius 1 is 1.30 bits per heavy atom. The van der Waals surface area contributed by atoms with Crippen molar-refractivity contribution in [3.05, 3.63) is 17.5 Å². The third-order valence-corrected chi connectivity index (χ3v) is 3.94. The molecule has 112 valence electrons. The number of nitrogens with zero attached hydrogens (tertiary/aromatic N) is 3. The topological polar surface area (TPSA) is 41.1 Å². The first-order valence-electron chi connectivity index (χ1n) is 7.67. The summed E-state index contributed by atoms with van der Waals surface area (Å²) >= 11 is 0. The fourth-order valence-corrected chi connectivity index (χ4v) is 2.37. The van der Waals surface area contributed by atoms with Crippen molar-refractivity contribution in [2.24, 2.45) is 5.92 Å². The summed E-state index contributed by atoms with van der Waals surface area (Å²) in [5.74, 6) is 1.73. The van der Waals surface area contributed by atoms with E-state index in [0.717, 1.165) is 37.2 Å². The summed E-state index contributed by atoms with van der Waals surface area (Å²) in [5, 5.41) is 3.49. The summed E-state index contributed by atoms with van der Waals surface area (Å²) < 4.78 is 0. The van der Waals surface area contributed by atoms with Crippen LogP contribution in [0.5, 0.6) is 0 Å². The van der Waals surface area contributed by atoms with Gasteiger partial charge in [0.25, 0.3) is 0 Å². The van der Waals surface area contributed by atoms with E-state index in [2.05, 4.69) is 49.8 Å². The molecule has 20 heavy (non-hydrogen) atoms. The quantitative estimate of drug-likeness (QED) is 0.921. The average Bonchev–Trinajstić information content (AvgIpc) is 2.37. The fourth-order valence-electron chi connectivity index (χ4n) is 2.37. The first-order valence-corrected chi connectivity index (χ1v) is 7.67. The van der Waals surface area contributed by atoms with Gasteiger partial charge < -0.3 is 10.2 Å². The molecule has 0 aliphatic carbocycles. The normalized spacial score (nSPS) is 17.6. The number of piperidine rings is 1. The van der Waals surface area contributed by atoms with Crippen molar-refractivity contribution in [3.63, 3.8) is 0 Å². The van der Waals surface area contributed by atoms with Crippen LogP contribution in [0.4, 0.5) is 5.95 Å². The summed E-state index contributed by atoms with van der Waals surface area (Å²) in [4.78, 5) is 11.6. The third-order valence-electron chi connectivity index (χ3n) is 3.94. The largest absolute Gasteiger partial charge is 0.341 e. The van der Waals surface area contributed by atoms with Gasteiger partial charge in [-0.25, -0.2) is 9.97 Å². The van der Waals surface area contributed by atoms with E-state index >= 15 is 0 Å². The van der Waals surface area contributed by atoms with E-state index in [1.54, 1.807) is 0 Å². The summed E-state index contributed by atoms with van der Waals surface area (Å²) in [6.07, 6.45) is 4.47. The van der Waals surface area contributed by atoms with Gasteiger partial charge in [0, 0.05) is 42.6 Å². The van der Waals surface area contributed by atoms with Gasteiger partial charge in [-0.3, -0.25) is 0 Å². The van der Waals surface area contributed by atoms with E-state index in [0.29, 0.717) is 0 Å². The van der Waals surface area contributed by atoms with E-state index in [1.807, 2.05) is 6.20 Å². The first kappa shape index (κ1) is 15.2. The van der Waals surface area contributed by atoms with Crippen molar-refractivity contribution < 1.29 is 0 Å². The summed E-state index contributed by atoms with van der Waals surface area (Å²) in [5.41, 5.74) is 2.40. The van der Waals surface area contributed by atoms with Gasteiger partial charge in [-0.2, -0.15) is 0 Å². The lowest BCUT2D eigenvalue weighted by molar-refractivity contribution is 0.422. The molecular weight excluding hydrogens is 248 g/mol. The van der Waals surface area contributed by atoms with Crippen LogP contribution < -0.4 is 10.2 Å². The lowest BCUT2D eigenvalue weighted by atomic mass is 10.00. The van der Waals surface area contributed by atoms with E-state index in [9.17, 15) is 0 Å². The number of anilines is 1. The Bertz CT molecular complexity index is 442. The lowest BCUT2D eigenvalue weighted by Crippen LogP contribution is -2.36. The van der Waals surface area contributed by atoms with Crippen molar-refractivity contribution in [3.8, 4) is 0 Å². The smallest absolute Gasteiger partial charge is 0.225 e. The molecule has 0 radical (unpaired) electrons. The van der Waals surface area contributed by atoms with Crippen LogP contribution in [0.1, 0.15) is 51.8 Å². The maximum Gasteiger partial charge on any atom is 0.225 e. The molecule has 2 heterocycles. The van der Waals surface area contributed by atoms with Gasteiger partial charge in [-0.05, 0) is 46.5 Å². The van der Waals surface area contributed by atoms with Gasteiger partial charge in [0.1, 0.15) is 0 Å². The number of hydrogen-bond donors (Lipinski definition) is 1. The van der Waals surface area contributed by atoms with Crippen molar-refractivity contribution in [2.45, 2.75) is 59.5 Å². The Hall–Kier alpha value is -1.16. The molecule has 0 spiro atoms. The molecule has 1 fully saturated rings. The molecule has 0 unspecified atom stereocenters. The summed E-state index contributed by atoms with van der Waals surface area (Å²) in [7, 11) is 0. The molecule has 0 amide bonds. The monoisotopic (exact) mass is 276 g/mol. The van der Waals surface area contributed by atoms with Crippen molar-refractivity contribution in [1.29, 1.82) is 0 Å². The SMILES string of the molecule is Cc1nc(N2CCC(C)CC2)ncc1CNC(C)(C)C. The highest BCUT2D eigenvalue weighted by Crippen LogP contribution is 2.20. The highest BCUT2D eigenvalue weighted by molar-refractivity contribution is 5.33. The first-order chi connectivity index (χ1) is 9.35. The second-order valence-electron chi connectivity index (χ2n) is 7.05. The van der Waals surface area contributed by atoms with Crippen LogP contribution in [0.25, 0.3) is 0 Å². The Balaban J connectivity index is 2.02. The molecule has 1 aromatic heterocycles. The molecule has 1 aromatic rings. The molecule has 4 heteroatoms. The third kappa shape index (κ3) is 4.17. The van der Waals surface area contributed by atoms with Gasteiger partial charge in [-0.15, -0.1) is 0 Å². The molecule has 1 aliphatic rings. The predicted octanol–water partition coefficient (Wildman–Crippen LogP) is 2.91. The van der Waals surface area contributed by atoms with Crippen LogP contribution >= 0.6 is 0 Å². The number of aromatic nitrogens is 2. The Morgan fingerprint density at radius 2 is 1.95 bits per heavy atom. The molecule has 1 aliphatic heterocycles. The van der Waals surface area contributed by atoms with Gasteiger partial charge in [0.15, 0.2) is 0 Å². The van der Waals surface area contributed by atoms with Crippen molar-refractivity contribution in [2.75, 3.05) is 18.0 Å². The van der Waals surface area contributed by atoms with Crippen LogP contribution in [0.3, 0.4) is 0 Å². The van der Waals surface area contributed by atoms with Crippen LogP contribution in [-0.2, 0) is 6.54 Å². The zero-order valence-corrected chi connectivity index (χ0v) is 13.5. The highest BCUT2D eigenvalue weighted by Gasteiger charge is 2.18. The van der Waals surface area contributed by atoms with Crippen molar-refractivity contribution in [1.82, 2.24) is 15.3 Å². The van der Waals surface area contributed by atoms with Gasteiger partial charge in [0.2, 0.25) is 5.95 Å². The number of rotatable bonds is 3. The van der Waals surface area contributed by atoms with Gasteiger partial charge in [-0.1, -0.05) is 6.92 Å². The Morgan fingerprint density at radius 3 is 2.50 bits per heavy atom. The number of hydrogen-bond acceptors (Lipinski definition) is 4. The molecule has 0 atom stereocenters. The predicted molar refractivity (Wildman–Crippen MR) is 84.0 cm³/mol. The van der Waals surface area contributed by atoms with Gasteiger partial charge in [0.05, 0.1) is 0 Å². The number of aryl methyl sites for hydroxylation is 1. The average molecular weight is 276 g/mol. The summed E-state index contributed by atoms with van der Waals surface area (Å²) in [6.45, 7) is 13.9. The molecular formula is C16H28N4. The minimum absolute atomic E-state index is 0.119. The standard InChI is InChI=1S/C16H28N4/c1-12-6-8-20(9-7-12)15-17-10-14(13(2)19-15)11-18-16(3,4)5/h10,12,18H,6-9,11H2,1-5H3. The zero-order valence-electron chi connectivity index (χ0n) is 13.5. The van der Waals surface area contributed by atoms with Crippen LogP contribution in [-0.4, -0.2) is 28.6 Å². The molecule has 0 aromatic carbocycles. The maximum atomic E-state index is 4.70. The molecule has 0 saturated carbocycles. The van der Waals surface area contributed by atoms with E-state index in [-0.39, 0.29) is 5.54 Å². The van der Waals surface area contributed by atoms with E-state index in [1.165, 1.54) is 18.4 Å². The fraction of sp³-hybridized carbons (Fsp3) is 0.750. The van der Waals surface area contributed by atoms with Gasteiger partial charge >= 0.3 is 0 Å². The Labute approximate surface area is 123 Å². The van der Waals surface area contributed by atoms with E-state index in [4.69, 9.17) is 4.98 Å². The molecule has 0 bridgehead atoms. The minimum Gasteiger partial charge on any atom is -0.341 e. The highest BCUT2D eigenvalue weighted by atomic mass is 15.3. The van der Waals surface area contributed by atoms with E-state index < -0.39 is 0 Å².